The van der Waals surface area contributed by atoms with E-state index in [1.807, 2.05) is 0 Å². The van der Waals surface area contributed by atoms with Gasteiger partial charge < -0.3 is 4.74 Å². The third-order valence-corrected chi connectivity index (χ3v) is 4.51. The summed E-state index contributed by atoms with van der Waals surface area (Å²) in [6.45, 7) is 0.474. The van der Waals surface area contributed by atoms with Crippen LogP contribution in [0.3, 0.4) is 0 Å². The minimum atomic E-state index is -3.39. The SMILES string of the molecule is COc1ccc(S(=O)(=O)NCCCCCBr)cc1. The quantitative estimate of drug-likeness (QED) is 0.586. The van der Waals surface area contributed by atoms with Crippen LogP contribution in [0, 0.1) is 0 Å². The molecule has 0 fully saturated rings. The van der Waals surface area contributed by atoms with Crippen molar-refractivity contribution < 1.29 is 13.2 Å². The first kappa shape index (κ1) is 15.5. The maximum Gasteiger partial charge on any atom is 0.240 e. The number of alkyl halides is 1. The number of nitrogens with one attached hydrogen (secondary N) is 1. The van der Waals surface area contributed by atoms with Crippen molar-refractivity contribution >= 4 is 26.0 Å². The molecule has 1 N–H and O–H groups in total. The lowest BCUT2D eigenvalue weighted by atomic mass is 10.3. The second-order valence-electron chi connectivity index (χ2n) is 3.82. The Morgan fingerprint density at radius 1 is 1.17 bits per heavy atom. The fourth-order valence-corrected chi connectivity index (χ4v) is 2.91. The molecule has 0 saturated heterocycles. The number of halogens is 1. The highest BCUT2D eigenvalue weighted by Gasteiger charge is 2.12. The van der Waals surface area contributed by atoms with Gasteiger partial charge in [-0.05, 0) is 37.1 Å². The van der Waals surface area contributed by atoms with Crippen molar-refractivity contribution in [2.75, 3.05) is 19.0 Å². The topological polar surface area (TPSA) is 55.4 Å². The molecule has 0 saturated carbocycles. The second-order valence-corrected chi connectivity index (χ2v) is 6.38. The van der Waals surface area contributed by atoms with Crippen LogP contribution in [0.15, 0.2) is 29.2 Å². The molecular weight excluding hydrogens is 318 g/mol. The van der Waals surface area contributed by atoms with Gasteiger partial charge in [-0.2, -0.15) is 0 Å². The summed E-state index contributed by atoms with van der Waals surface area (Å²) >= 11 is 3.34. The number of methoxy groups -OCH3 is 1. The molecule has 4 nitrogen and oxygen atoms in total. The van der Waals surface area contributed by atoms with Gasteiger partial charge in [-0.3, -0.25) is 0 Å². The summed E-state index contributed by atoms with van der Waals surface area (Å²) in [6.07, 6.45) is 2.92. The van der Waals surface area contributed by atoms with Gasteiger partial charge in [0.1, 0.15) is 5.75 Å². The van der Waals surface area contributed by atoms with Gasteiger partial charge in [0, 0.05) is 11.9 Å². The Bertz CT molecular complexity index is 445. The lowest BCUT2D eigenvalue weighted by Crippen LogP contribution is -2.24. The van der Waals surface area contributed by atoms with Crippen LogP contribution in [0.1, 0.15) is 19.3 Å². The van der Waals surface area contributed by atoms with Crippen molar-refractivity contribution in [2.45, 2.75) is 24.2 Å². The maximum atomic E-state index is 11.9. The molecule has 0 aliphatic carbocycles. The maximum absolute atomic E-state index is 11.9. The predicted octanol–water partition coefficient (Wildman–Crippen LogP) is 2.54. The van der Waals surface area contributed by atoms with Crippen molar-refractivity contribution in [3.63, 3.8) is 0 Å². The highest BCUT2D eigenvalue weighted by Crippen LogP contribution is 2.15. The van der Waals surface area contributed by atoms with E-state index in [-0.39, 0.29) is 4.90 Å². The number of sulfonamides is 1. The van der Waals surface area contributed by atoms with E-state index in [1.165, 1.54) is 0 Å². The standard InChI is InChI=1S/C12H18BrNO3S/c1-17-11-5-7-12(8-6-11)18(15,16)14-10-4-2-3-9-13/h5-8,14H,2-4,9-10H2,1H3. The van der Waals surface area contributed by atoms with Crippen LogP contribution < -0.4 is 9.46 Å². The molecule has 0 atom stereocenters. The Morgan fingerprint density at radius 3 is 2.39 bits per heavy atom. The highest BCUT2D eigenvalue weighted by molar-refractivity contribution is 9.09. The number of ether oxygens (including phenoxy) is 1. The Labute approximate surface area is 117 Å². The van der Waals surface area contributed by atoms with Gasteiger partial charge in [-0.25, -0.2) is 13.1 Å². The largest absolute Gasteiger partial charge is 0.497 e. The summed E-state index contributed by atoms with van der Waals surface area (Å²) < 4.78 is 31.4. The van der Waals surface area contributed by atoms with E-state index in [4.69, 9.17) is 4.74 Å². The average Bonchev–Trinajstić information content (AvgIpc) is 2.38. The molecule has 0 spiro atoms. The summed E-state index contributed by atoms with van der Waals surface area (Å²) in [5, 5.41) is 0.957. The third-order valence-electron chi connectivity index (χ3n) is 2.47. The highest BCUT2D eigenvalue weighted by atomic mass is 79.9. The number of hydrogen-bond acceptors (Lipinski definition) is 3. The molecule has 6 heteroatoms. The molecule has 0 heterocycles. The van der Waals surface area contributed by atoms with Gasteiger partial charge in [-0.1, -0.05) is 22.4 Å². The molecule has 0 amide bonds. The van der Waals surface area contributed by atoms with Gasteiger partial charge in [0.05, 0.1) is 12.0 Å². The zero-order chi connectivity index (χ0) is 13.4. The van der Waals surface area contributed by atoms with Crippen LogP contribution in [0.2, 0.25) is 0 Å². The molecule has 102 valence electrons. The van der Waals surface area contributed by atoms with Crippen LogP contribution in [0.5, 0.6) is 5.75 Å². The Morgan fingerprint density at radius 2 is 1.83 bits per heavy atom. The predicted molar refractivity (Wildman–Crippen MR) is 75.8 cm³/mol. The third kappa shape index (κ3) is 4.96. The van der Waals surface area contributed by atoms with E-state index in [0.717, 1.165) is 24.6 Å². The fourth-order valence-electron chi connectivity index (χ4n) is 1.44. The van der Waals surface area contributed by atoms with Crippen molar-refractivity contribution in [2.24, 2.45) is 0 Å². The van der Waals surface area contributed by atoms with E-state index in [1.54, 1.807) is 31.4 Å². The van der Waals surface area contributed by atoms with Crippen LogP contribution in [0.25, 0.3) is 0 Å². The molecule has 0 bridgehead atoms. The van der Waals surface area contributed by atoms with E-state index in [9.17, 15) is 8.42 Å². The number of benzene rings is 1. The van der Waals surface area contributed by atoms with Crippen molar-refractivity contribution in [1.29, 1.82) is 0 Å². The summed E-state index contributed by atoms with van der Waals surface area (Å²) in [6, 6.07) is 6.36. The molecule has 0 aliphatic heterocycles. The van der Waals surface area contributed by atoms with E-state index in [2.05, 4.69) is 20.7 Å². The van der Waals surface area contributed by atoms with E-state index in [0.29, 0.717) is 12.3 Å². The fraction of sp³-hybridized carbons (Fsp3) is 0.500. The normalized spacial score (nSPS) is 11.4. The Kier molecular flexibility index (Phi) is 6.67. The van der Waals surface area contributed by atoms with Gasteiger partial charge in [0.2, 0.25) is 10.0 Å². The first-order chi connectivity index (χ1) is 8.60. The summed E-state index contributed by atoms with van der Waals surface area (Å²) in [4.78, 5) is 0.267. The van der Waals surface area contributed by atoms with E-state index < -0.39 is 10.0 Å². The summed E-state index contributed by atoms with van der Waals surface area (Å²) in [5.74, 6) is 0.645. The number of unbranched alkanes of at least 4 members (excludes halogenated alkanes) is 2. The minimum Gasteiger partial charge on any atom is -0.497 e. The van der Waals surface area contributed by atoms with Gasteiger partial charge in [-0.15, -0.1) is 0 Å². The summed E-state index contributed by atoms with van der Waals surface area (Å²) in [5.41, 5.74) is 0. The van der Waals surface area contributed by atoms with Crippen molar-refractivity contribution in [3.05, 3.63) is 24.3 Å². The molecule has 0 aliphatic rings. The molecule has 18 heavy (non-hydrogen) atoms. The summed E-state index contributed by atoms with van der Waals surface area (Å²) in [7, 11) is -1.84. The van der Waals surface area contributed by atoms with Crippen molar-refractivity contribution in [1.82, 2.24) is 4.72 Å². The zero-order valence-electron chi connectivity index (χ0n) is 10.4. The molecule has 1 aromatic rings. The lowest BCUT2D eigenvalue weighted by Gasteiger charge is -2.07. The lowest BCUT2D eigenvalue weighted by molar-refractivity contribution is 0.414. The molecular formula is C12H18BrNO3S. The Hall–Kier alpha value is -0.590. The van der Waals surface area contributed by atoms with Gasteiger partial charge in [0.25, 0.3) is 0 Å². The molecule has 0 radical (unpaired) electrons. The first-order valence-electron chi connectivity index (χ1n) is 5.80. The molecule has 0 aromatic heterocycles. The molecule has 1 aromatic carbocycles. The first-order valence-corrected chi connectivity index (χ1v) is 8.40. The minimum absolute atomic E-state index is 0.267. The monoisotopic (exact) mass is 335 g/mol. The molecule has 0 unspecified atom stereocenters. The average molecular weight is 336 g/mol. The van der Waals surface area contributed by atoms with E-state index >= 15 is 0 Å². The number of hydrogen-bond donors (Lipinski definition) is 1. The second kappa shape index (κ2) is 7.76. The van der Waals surface area contributed by atoms with Crippen LogP contribution in [0.4, 0.5) is 0 Å². The van der Waals surface area contributed by atoms with Crippen LogP contribution in [-0.4, -0.2) is 27.4 Å². The van der Waals surface area contributed by atoms with Crippen molar-refractivity contribution in [3.8, 4) is 5.75 Å². The zero-order valence-corrected chi connectivity index (χ0v) is 12.8. The Balaban J connectivity index is 2.51. The number of rotatable bonds is 8. The smallest absolute Gasteiger partial charge is 0.240 e. The van der Waals surface area contributed by atoms with Gasteiger partial charge >= 0.3 is 0 Å². The molecule has 1 rings (SSSR count). The van der Waals surface area contributed by atoms with Gasteiger partial charge in [0.15, 0.2) is 0 Å². The van der Waals surface area contributed by atoms with Crippen LogP contribution in [-0.2, 0) is 10.0 Å². The van der Waals surface area contributed by atoms with Crippen LogP contribution >= 0.6 is 15.9 Å².